The van der Waals surface area contributed by atoms with Crippen LogP contribution in [0.4, 0.5) is 13.2 Å². The Morgan fingerprint density at radius 1 is 1.03 bits per heavy atom. The fourth-order valence-corrected chi connectivity index (χ4v) is 3.19. The minimum absolute atomic E-state index is 0.421. The van der Waals surface area contributed by atoms with Crippen LogP contribution in [0, 0.1) is 6.92 Å². The number of carbonyl (C=O) groups is 1. The number of hydrogen-bond donors (Lipinski definition) is 2. The SMILES string of the molecule is COc1c(C)cccc1C(NC(=O)c1ccc(C(F)(F)F)[nH]c1=O)c1ccccc1. The number of methoxy groups -OCH3 is 1. The lowest BCUT2D eigenvalue weighted by Crippen LogP contribution is -2.34. The number of ether oxygens (including phenoxy) is 1. The van der Waals surface area contributed by atoms with Gasteiger partial charge in [0, 0.05) is 5.56 Å². The van der Waals surface area contributed by atoms with Gasteiger partial charge < -0.3 is 15.0 Å². The van der Waals surface area contributed by atoms with Gasteiger partial charge in [0.2, 0.25) is 0 Å². The number of H-pyrrole nitrogens is 1. The van der Waals surface area contributed by atoms with Gasteiger partial charge in [0.1, 0.15) is 17.0 Å². The van der Waals surface area contributed by atoms with Gasteiger partial charge in [-0.25, -0.2) is 0 Å². The van der Waals surface area contributed by atoms with E-state index in [1.807, 2.05) is 19.1 Å². The van der Waals surface area contributed by atoms with Crippen LogP contribution < -0.4 is 15.6 Å². The topological polar surface area (TPSA) is 71.2 Å². The van der Waals surface area contributed by atoms with Crippen LogP contribution in [0.5, 0.6) is 5.75 Å². The zero-order chi connectivity index (χ0) is 21.9. The van der Waals surface area contributed by atoms with E-state index in [-0.39, 0.29) is 0 Å². The van der Waals surface area contributed by atoms with Crippen LogP contribution in [-0.2, 0) is 6.18 Å². The van der Waals surface area contributed by atoms with E-state index in [2.05, 4.69) is 5.32 Å². The predicted molar refractivity (Wildman–Crippen MR) is 106 cm³/mol. The largest absolute Gasteiger partial charge is 0.496 e. The molecule has 1 atom stereocenters. The van der Waals surface area contributed by atoms with Gasteiger partial charge >= 0.3 is 6.18 Å². The number of hydrogen-bond acceptors (Lipinski definition) is 3. The molecule has 0 aliphatic heterocycles. The summed E-state index contributed by atoms with van der Waals surface area (Å²) in [4.78, 5) is 26.6. The maximum absolute atomic E-state index is 12.8. The highest BCUT2D eigenvalue weighted by atomic mass is 19.4. The summed E-state index contributed by atoms with van der Waals surface area (Å²) in [5.74, 6) is -0.240. The summed E-state index contributed by atoms with van der Waals surface area (Å²) in [6, 6.07) is 15.3. The van der Waals surface area contributed by atoms with Gasteiger partial charge in [0.15, 0.2) is 0 Å². The molecule has 0 aliphatic carbocycles. The molecule has 0 aliphatic rings. The van der Waals surface area contributed by atoms with Crippen LogP contribution in [0.3, 0.4) is 0 Å². The Bertz CT molecular complexity index is 1110. The molecule has 2 aromatic carbocycles. The fraction of sp³-hybridized carbons (Fsp3) is 0.182. The standard InChI is InChI=1S/C22H19F3N2O3/c1-13-7-6-10-15(19(13)30-2)18(14-8-4-3-5-9-14)27-21(29)16-11-12-17(22(23,24)25)26-20(16)28/h3-12,18H,1-2H3,(H,26,28)(H,27,29). The van der Waals surface area contributed by atoms with Gasteiger partial charge in [-0.05, 0) is 30.2 Å². The van der Waals surface area contributed by atoms with Crippen LogP contribution in [-0.4, -0.2) is 18.0 Å². The fourth-order valence-electron chi connectivity index (χ4n) is 3.19. The molecular formula is C22H19F3N2O3. The lowest BCUT2D eigenvalue weighted by molar-refractivity contribution is -0.141. The van der Waals surface area contributed by atoms with Crippen molar-refractivity contribution in [2.45, 2.75) is 19.1 Å². The number of aryl methyl sites for hydroxylation is 1. The van der Waals surface area contributed by atoms with E-state index in [4.69, 9.17) is 4.74 Å². The number of nitrogens with one attached hydrogen (secondary N) is 2. The molecule has 1 aromatic heterocycles. The second-order valence-corrected chi connectivity index (χ2v) is 6.63. The molecule has 2 N–H and O–H groups in total. The highest BCUT2D eigenvalue weighted by Crippen LogP contribution is 2.33. The first-order valence-electron chi connectivity index (χ1n) is 9.02. The third-order valence-electron chi connectivity index (χ3n) is 4.63. The normalized spacial score (nSPS) is 12.3. The van der Waals surface area contributed by atoms with E-state index in [0.29, 0.717) is 17.4 Å². The Hall–Kier alpha value is -3.55. The van der Waals surface area contributed by atoms with Crippen molar-refractivity contribution >= 4 is 5.91 Å². The summed E-state index contributed by atoms with van der Waals surface area (Å²) in [5.41, 5.74) is -0.541. The Morgan fingerprint density at radius 2 is 1.73 bits per heavy atom. The number of aromatic amines is 1. The van der Waals surface area contributed by atoms with Gasteiger partial charge in [0.25, 0.3) is 11.5 Å². The van der Waals surface area contributed by atoms with Crippen molar-refractivity contribution in [2.24, 2.45) is 0 Å². The molecule has 5 nitrogen and oxygen atoms in total. The van der Waals surface area contributed by atoms with Crippen molar-refractivity contribution in [3.8, 4) is 5.75 Å². The minimum atomic E-state index is -4.71. The molecule has 0 bridgehead atoms. The van der Waals surface area contributed by atoms with Crippen molar-refractivity contribution < 1.29 is 22.7 Å². The predicted octanol–water partition coefficient (Wildman–Crippen LogP) is 4.23. The molecule has 156 valence electrons. The zero-order valence-electron chi connectivity index (χ0n) is 16.2. The smallest absolute Gasteiger partial charge is 0.431 e. The zero-order valence-corrected chi connectivity index (χ0v) is 16.2. The monoisotopic (exact) mass is 416 g/mol. The number of amides is 1. The highest BCUT2D eigenvalue weighted by molar-refractivity contribution is 5.94. The molecule has 0 saturated carbocycles. The maximum Gasteiger partial charge on any atom is 0.431 e. The summed E-state index contributed by atoms with van der Waals surface area (Å²) in [6.07, 6.45) is -4.71. The van der Waals surface area contributed by atoms with E-state index in [9.17, 15) is 22.8 Å². The summed E-state index contributed by atoms with van der Waals surface area (Å²) >= 11 is 0. The van der Waals surface area contributed by atoms with Crippen LogP contribution in [0.15, 0.2) is 65.5 Å². The molecular weight excluding hydrogens is 397 g/mol. The first kappa shape index (κ1) is 21.2. The van der Waals surface area contributed by atoms with Gasteiger partial charge in [-0.15, -0.1) is 0 Å². The number of carbonyl (C=O) groups excluding carboxylic acids is 1. The molecule has 3 aromatic rings. The Morgan fingerprint density at radius 3 is 2.33 bits per heavy atom. The van der Waals surface area contributed by atoms with Crippen molar-refractivity contribution in [1.29, 1.82) is 0 Å². The van der Waals surface area contributed by atoms with E-state index >= 15 is 0 Å². The molecule has 3 rings (SSSR count). The highest BCUT2D eigenvalue weighted by Gasteiger charge is 2.32. The Kier molecular flexibility index (Phi) is 5.96. The van der Waals surface area contributed by atoms with Gasteiger partial charge in [-0.3, -0.25) is 9.59 Å². The van der Waals surface area contributed by atoms with E-state index in [1.54, 1.807) is 41.4 Å². The van der Waals surface area contributed by atoms with Crippen molar-refractivity contribution in [3.63, 3.8) is 0 Å². The lowest BCUT2D eigenvalue weighted by atomic mass is 9.95. The number of para-hydroxylation sites is 1. The van der Waals surface area contributed by atoms with Crippen LogP contribution in [0.1, 0.15) is 38.8 Å². The number of benzene rings is 2. The molecule has 30 heavy (non-hydrogen) atoms. The molecule has 0 radical (unpaired) electrons. The number of pyridine rings is 1. The summed E-state index contributed by atoms with van der Waals surface area (Å²) < 4.78 is 43.9. The third-order valence-corrected chi connectivity index (χ3v) is 4.63. The van der Waals surface area contributed by atoms with Crippen LogP contribution in [0.2, 0.25) is 0 Å². The van der Waals surface area contributed by atoms with Crippen molar-refractivity contribution in [1.82, 2.24) is 10.3 Å². The maximum atomic E-state index is 12.8. The van der Waals surface area contributed by atoms with E-state index < -0.39 is 34.9 Å². The molecule has 0 saturated heterocycles. The number of halogens is 3. The summed E-state index contributed by atoms with van der Waals surface area (Å²) in [5, 5.41) is 2.75. The van der Waals surface area contributed by atoms with Gasteiger partial charge in [0.05, 0.1) is 13.2 Å². The second kappa shape index (κ2) is 8.44. The van der Waals surface area contributed by atoms with E-state index in [1.165, 1.54) is 7.11 Å². The summed E-state index contributed by atoms with van der Waals surface area (Å²) in [6.45, 7) is 1.85. The molecule has 0 spiro atoms. The Labute approximate surface area is 170 Å². The number of alkyl halides is 3. The number of aromatic nitrogens is 1. The average Bonchev–Trinajstić information content (AvgIpc) is 2.71. The lowest BCUT2D eigenvalue weighted by Gasteiger charge is -2.23. The molecule has 8 heteroatoms. The second-order valence-electron chi connectivity index (χ2n) is 6.63. The van der Waals surface area contributed by atoms with Gasteiger partial charge in [-0.1, -0.05) is 48.5 Å². The third kappa shape index (κ3) is 4.37. The first-order valence-corrected chi connectivity index (χ1v) is 9.02. The first-order chi connectivity index (χ1) is 14.2. The van der Waals surface area contributed by atoms with E-state index in [0.717, 1.165) is 17.2 Å². The summed E-state index contributed by atoms with van der Waals surface area (Å²) in [7, 11) is 1.51. The van der Waals surface area contributed by atoms with Crippen molar-refractivity contribution in [3.05, 3.63) is 99.0 Å². The molecule has 1 amide bonds. The minimum Gasteiger partial charge on any atom is -0.496 e. The molecule has 0 fully saturated rings. The average molecular weight is 416 g/mol. The van der Waals surface area contributed by atoms with Crippen molar-refractivity contribution in [2.75, 3.05) is 7.11 Å². The van der Waals surface area contributed by atoms with Crippen LogP contribution >= 0.6 is 0 Å². The van der Waals surface area contributed by atoms with Gasteiger partial charge in [-0.2, -0.15) is 13.2 Å². The quantitative estimate of drug-likeness (QED) is 0.654. The molecule has 1 unspecified atom stereocenters. The number of rotatable bonds is 5. The molecule has 1 heterocycles. The van der Waals surface area contributed by atoms with Crippen LogP contribution in [0.25, 0.3) is 0 Å². The Balaban J connectivity index is 2.02.